The number of thiophene rings is 1. The molecule has 2 aliphatic rings. The standard InChI is InChI=1S/C18H28N6S/c1-4-18(2,3)24-17(19-20-21-24)16(15-8-6-12-25-15)23-11-10-22-9-5-7-14(22)13-23/h6,8,12,14,16H,4-5,7,9-11,13H2,1-3H3/t14-,16+/m1/s1. The number of hydrogen-bond acceptors (Lipinski definition) is 6. The lowest BCUT2D eigenvalue weighted by atomic mass is 10.0. The zero-order chi connectivity index (χ0) is 17.4. The molecule has 2 atom stereocenters. The third kappa shape index (κ3) is 3.13. The SMILES string of the molecule is CCC(C)(C)n1nnnc1[C@H](c1cccs1)N1CCN2CCC[C@@H]2C1. The summed E-state index contributed by atoms with van der Waals surface area (Å²) in [5.41, 5.74) is -0.0798. The minimum Gasteiger partial charge on any atom is -0.298 e. The lowest BCUT2D eigenvalue weighted by Crippen LogP contribution is -2.51. The van der Waals surface area contributed by atoms with Crippen LogP contribution < -0.4 is 0 Å². The van der Waals surface area contributed by atoms with Crippen LogP contribution in [0.2, 0.25) is 0 Å². The van der Waals surface area contributed by atoms with Gasteiger partial charge in [-0.1, -0.05) is 13.0 Å². The molecule has 2 aromatic heterocycles. The number of hydrogen-bond donors (Lipinski definition) is 0. The molecule has 0 saturated carbocycles. The van der Waals surface area contributed by atoms with Crippen molar-refractivity contribution < 1.29 is 0 Å². The lowest BCUT2D eigenvalue weighted by molar-refractivity contribution is 0.0781. The van der Waals surface area contributed by atoms with Crippen LogP contribution in [0.25, 0.3) is 0 Å². The lowest BCUT2D eigenvalue weighted by Gasteiger charge is -2.41. The van der Waals surface area contributed by atoms with E-state index in [9.17, 15) is 0 Å². The van der Waals surface area contributed by atoms with Crippen LogP contribution in [0.15, 0.2) is 17.5 Å². The molecule has 0 N–H and O–H groups in total. The van der Waals surface area contributed by atoms with Crippen molar-refractivity contribution in [1.29, 1.82) is 0 Å². The molecule has 2 fully saturated rings. The first-order valence-corrected chi connectivity index (χ1v) is 10.3. The van der Waals surface area contributed by atoms with Crippen LogP contribution in [0, 0.1) is 0 Å². The number of aromatic nitrogens is 4. The van der Waals surface area contributed by atoms with Crippen molar-refractivity contribution in [2.75, 3.05) is 26.2 Å². The third-order valence-electron chi connectivity index (χ3n) is 5.97. The fourth-order valence-corrected chi connectivity index (χ4v) is 4.97. The van der Waals surface area contributed by atoms with E-state index >= 15 is 0 Å². The van der Waals surface area contributed by atoms with Gasteiger partial charge in [-0.15, -0.1) is 16.4 Å². The summed E-state index contributed by atoms with van der Waals surface area (Å²) in [6, 6.07) is 5.22. The summed E-state index contributed by atoms with van der Waals surface area (Å²) in [5.74, 6) is 0.987. The molecular weight excluding hydrogens is 332 g/mol. The van der Waals surface area contributed by atoms with E-state index in [2.05, 4.69) is 68.3 Å². The van der Waals surface area contributed by atoms with Gasteiger partial charge in [0, 0.05) is 30.6 Å². The van der Waals surface area contributed by atoms with E-state index < -0.39 is 0 Å². The van der Waals surface area contributed by atoms with Crippen LogP contribution in [0.4, 0.5) is 0 Å². The van der Waals surface area contributed by atoms with Crippen LogP contribution in [0.3, 0.4) is 0 Å². The van der Waals surface area contributed by atoms with E-state index in [4.69, 9.17) is 0 Å². The molecule has 0 unspecified atom stereocenters. The fourth-order valence-electron chi connectivity index (χ4n) is 4.11. The Hall–Kier alpha value is -1.31. The molecular formula is C18H28N6S. The second kappa shape index (κ2) is 6.78. The highest BCUT2D eigenvalue weighted by Crippen LogP contribution is 2.35. The summed E-state index contributed by atoms with van der Waals surface area (Å²) >= 11 is 1.81. The largest absolute Gasteiger partial charge is 0.298 e. The Labute approximate surface area is 153 Å². The zero-order valence-electron chi connectivity index (χ0n) is 15.4. The predicted octanol–water partition coefficient (Wildman–Crippen LogP) is 2.75. The summed E-state index contributed by atoms with van der Waals surface area (Å²) in [4.78, 5) is 6.60. The predicted molar refractivity (Wildman–Crippen MR) is 99.8 cm³/mol. The van der Waals surface area contributed by atoms with Crippen LogP contribution >= 0.6 is 11.3 Å². The molecule has 0 aliphatic carbocycles. The normalized spacial score (nSPS) is 23.7. The van der Waals surface area contributed by atoms with E-state index in [1.165, 1.54) is 24.3 Å². The first-order chi connectivity index (χ1) is 12.1. The number of nitrogens with zero attached hydrogens (tertiary/aromatic N) is 6. The van der Waals surface area contributed by atoms with E-state index in [0.29, 0.717) is 6.04 Å². The molecule has 0 radical (unpaired) electrons. The highest BCUT2D eigenvalue weighted by Gasteiger charge is 2.38. The van der Waals surface area contributed by atoms with Crippen molar-refractivity contribution >= 4 is 11.3 Å². The van der Waals surface area contributed by atoms with Gasteiger partial charge in [0.25, 0.3) is 0 Å². The Kier molecular flexibility index (Phi) is 4.64. The molecule has 0 bridgehead atoms. The van der Waals surface area contributed by atoms with Crippen molar-refractivity contribution in [1.82, 2.24) is 30.0 Å². The summed E-state index contributed by atoms with van der Waals surface area (Å²) < 4.78 is 2.05. The van der Waals surface area contributed by atoms with Gasteiger partial charge in [-0.25, -0.2) is 4.68 Å². The molecule has 136 valence electrons. The minimum atomic E-state index is -0.0798. The Morgan fingerprint density at radius 1 is 1.32 bits per heavy atom. The van der Waals surface area contributed by atoms with Gasteiger partial charge in [0.1, 0.15) is 6.04 Å². The van der Waals surface area contributed by atoms with Gasteiger partial charge in [0.15, 0.2) is 5.82 Å². The maximum absolute atomic E-state index is 4.50. The van der Waals surface area contributed by atoms with Crippen molar-refractivity contribution in [3.05, 3.63) is 28.2 Å². The molecule has 2 saturated heterocycles. The zero-order valence-corrected chi connectivity index (χ0v) is 16.2. The monoisotopic (exact) mass is 360 g/mol. The number of tetrazole rings is 1. The van der Waals surface area contributed by atoms with Crippen LogP contribution in [0.5, 0.6) is 0 Å². The van der Waals surface area contributed by atoms with Gasteiger partial charge in [-0.3, -0.25) is 9.80 Å². The smallest absolute Gasteiger partial charge is 0.174 e. The minimum absolute atomic E-state index is 0.0798. The van der Waals surface area contributed by atoms with Gasteiger partial charge in [-0.05, 0) is 61.5 Å². The van der Waals surface area contributed by atoms with E-state index in [0.717, 1.165) is 31.9 Å². The maximum Gasteiger partial charge on any atom is 0.174 e. The van der Waals surface area contributed by atoms with Gasteiger partial charge < -0.3 is 0 Å². The molecule has 2 aromatic rings. The highest BCUT2D eigenvalue weighted by molar-refractivity contribution is 7.10. The van der Waals surface area contributed by atoms with E-state index in [1.54, 1.807) is 0 Å². The summed E-state index contributed by atoms with van der Waals surface area (Å²) in [5, 5.41) is 15.1. The Bertz CT molecular complexity index is 694. The van der Waals surface area contributed by atoms with Crippen LogP contribution in [-0.4, -0.2) is 62.2 Å². The summed E-state index contributed by atoms with van der Waals surface area (Å²) in [7, 11) is 0. The van der Waals surface area contributed by atoms with Gasteiger partial charge in [0.05, 0.1) is 5.54 Å². The van der Waals surface area contributed by atoms with Crippen LogP contribution in [-0.2, 0) is 5.54 Å². The average Bonchev–Trinajstić information content (AvgIpc) is 3.36. The molecule has 0 amide bonds. The van der Waals surface area contributed by atoms with E-state index in [1.807, 2.05) is 11.3 Å². The molecule has 4 rings (SSSR count). The van der Waals surface area contributed by atoms with Gasteiger partial charge in [0.2, 0.25) is 0 Å². The number of rotatable bonds is 5. The molecule has 0 spiro atoms. The second-order valence-electron chi connectivity index (χ2n) is 7.86. The highest BCUT2D eigenvalue weighted by atomic mass is 32.1. The molecule has 7 heteroatoms. The first-order valence-electron chi connectivity index (χ1n) is 9.40. The number of piperazine rings is 1. The molecule has 0 aromatic carbocycles. The van der Waals surface area contributed by atoms with Crippen molar-refractivity contribution in [2.45, 2.75) is 57.7 Å². The third-order valence-corrected chi connectivity index (χ3v) is 6.90. The Morgan fingerprint density at radius 2 is 2.20 bits per heavy atom. The van der Waals surface area contributed by atoms with Crippen LogP contribution in [0.1, 0.15) is 56.8 Å². The number of fused-ring (bicyclic) bond motifs is 1. The molecule has 25 heavy (non-hydrogen) atoms. The summed E-state index contributed by atoms with van der Waals surface area (Å²) in [6.07, 6.45) is 3.65. The molecule has 2 aliphatic heterocycles. The summed E-state index contributed by atoms with van der Waals surface area (Å²) in [6.45, 7) is 11.2. The molecule has 6 nitrogen and oxygen atoms in total. The van der Waals surface area contributed by atoms with Crippen molar-refractivity contribution in [3.8, 4) is 0 Å². The van der Waals surface area contributed by atoms with Gasteiger partial charge >= 0.3 is 0 Å². The average molecular weight is 361 g/mol. The van der Waals surface area contributed by atoms with Crippen molar-refractivity contribution in [2.24, 2.45) is 0 Å². The fraction of sp³-hybridized carbons (Fsp3) is 0.722. The Morgan fingerprint density at radius 3 is 2.96 bits per heavy atom. The molecule has 4 heterocycles. The van der Waals surface area contributed by atoms with E-state index in [-0.39, 0.29) is 11.6 Å². The first kappa shape index (κ1) is 17.1. The quantitative estimate of drug-likeness (QED) is 0.821. The Balaban J connectivity index is 1.70. The maximum atomic E-state index is 4.50. The topological polar surface area (TPSA) is 50.1 Å². The second-order valence-corrected chi connectivity index (χ2v) is 8.84. The van der Waals surface area contributed by atoms with Crippen molar-refractivity contribution in [3.63, 3.8) is 0 Å². The van der Waals surface area contributed by atoms with Gasteiger partial charge in [-0.2, -0.15) is 0 Å².